The molecule has 1 fully saturated rings. The molecule has 2 rings (SSSR count). The SMILES string of the molecule is Cc1cccc(C(=O)NC2CCCCCCC2)c1C. The zero-order valence-corrected chi connectivity index (χ0v) is 12.2. The third-order valence-corrected chi connectivity index (χ3v) is 4.29. The van der Waals surface area contributed by atoms with E-state index in [9.17, 15) is 4.79 Å². The Hall–Kier alpha value is -1.31. The van der Waals surface area contributed by atoms with E-state index < -0.39 is 0 Å². The molecule has 0 radical (unpaired) electrons. The second-order valence-corrected chi connectivity index (χ2v) is 5.76. The Balaban J connectivity index is 2.01. The lowest BCUT2D eigenvalue weighted by molar-refractivity contribution is 0.0929. The van der Waals surface area contributed by atoms with Crippen LogP contribution in [0, 0.1) is 13.8 Å². The van der Waals surface area contributed by atoms with E-state index in [4.69, 9.17) is 0 Å². The Kier molecular flexibility index (Phi) is 5.00. The molecule has 0 unspecified atom stereocenters. The van der Waals surface area contributed by atoms with E-state index >= 15 is 0 Å². The van der Waals surface area contributed by atoms with Crippen molar-refractivity contribution >= 4 is 5.91 Å². The molecule has 1 aliphatic rings. The molecule has 2 heteroatoms. The van der Waals surface area contributed by atoms with Crippen LogP contribution in [0.4, 0.5) is 0 Å². The van der Waals surface area contributed by atoms with Crippen molar-refractivity contribution in [3.8, 4) is 0 Å². The van der Waals surface area contributed by atoms with Gasteiger partial charge in [0.05, 0.1) is 0 Å². The number of carbonyl (C=O) groups excluding carboxylic acids is 1. The van der Waals surface area contributed by atoms with E-state index in [1.165, 1.54) is 37.7 Å². The van der Waals surface area contributed by atoms with E-state index in [1.54, 1.807) is 0 Å². The molecule has 1 saturated carbocycles. The Morgan fingerprint density at radius 3 is 2.37 bits per heavy atom. The van der Waals surface area contributed by atoms with Crippen molar-refractivity contribution in [2.75, 3.05) is 0 Å². The van der Waals surface area contributed by atoms with Crippen LogP contribution in [0.15, 0.2) is 18.2 Å². The number of hydrogen-bond donors (Lipinski definition) is 1. The zero-order valence-electron chi connectivity index (χ0n) is 12.2. The highest BCUT2D eigenvalue weighted by atomic mass is 16.1. The summed E-state index contributed by atoms with van der Waals surface area (Å²) in [7, 11) is 0. The number of rotatable bonds is 2. The van der Waals surface area contributed by atoms with Gasteiger partial charge in [0, 0.05) is 11.6 Å². The summed E-state index contributed by atoms with van der Waals surface area (Å²) >= 11 is 0. The number of amides is 1. The highest BCUT2D eigenvalue weighted by molar-refractivity contribution is 5.96. The monoisotopic (exact) mass is 259 g/mol. The predicted molar refractivity (Wildman–Crippen MR) is 79.5 cm³/mol. The minimum absolute atomic E-state index is 0.103. The van der Waals surface area contributed by atoms with E-state index in [2.05, 4.69) is 18.3 Å². The van der Waals surface area contributed by atoms with Crippen molar-refractivity contribution in [3.05, 3.63) is 34.9 Å². The van der Waals surface area contributed by atoms with E-state index in [1.807, 2.05) is 19.1 Å². The maximum absolute atomic E-state index is 12.4. The fourth-order valence-electron chi connectivity index (χ4n) is 2.86. The van der Waals surface area contributed by atoms with Crippen LogP contribution in [-0.2, 0) is 0 Å². The Morgan fingerprint density at radius 2 is 1.68 bits per heavy atom. The molecule has 1 amide bonds. The van der Waals surface area contributed by atoms with Crippen molar-refractivity contribution in [2.45, 2.75) is 64.8 Å². The largest absolute Gasteiger partial charge is 0.349 e. The van der Waals surface area contributed by atoms with Gasteiger partial charge < -0.3 is 5.32 Å². The first kappa shape index (κ1) is 14.1. The van der Waals surface area contributed by atoms with Crippen molar-refractivity contribution in [1.82, 2.24) is 5.32 Å². The highest BCUT2D eigenvalue weighted by Gasteiger charge is 2.16. The molecule has 104 valence electrons. The van der Waals surface area contributed by atoms with Gasteiger partial charge in [-0.05, 0) is 43.9 Å². The number of benzene rings is 1. The average molecular weight is 259 g/mol. The van der Waals surface area contributed by atoms with Crippen molar-refractivity contribution in [1.29, 1.82) is 0 Å². The van der Waals surface area contributed by atoms with Crippen LogP contribution in [-0.4, -0.2) is 11.9 Å². The lowest BCUT2D eigenvalue weighted by atomic mass is 9.96. The maximum Gasteiger partial charge on any atom is 0.251 e. The lowest BCUT2D eigenvalue weighted by Gasteiger charge is -2.21. The summed E-state index contributed by atoms with van der Waals surface area (Å²) in [5, 5.41) is 3.23. The standard InChI is InChI=1S/C17H25NO/c1-13-9-8-12-16(14(13)2)17(19)18-15-10-6-4-3-5-7-11-15/h8-9,12,15H,3-7,10-11H2,1-2H3,(H,18,19). The zero-order chi connectivity index (χ0) is 13.7. The fraction of sp³-hybridized carbons (Fsp3) is 0.588. The third-order valence-electron chi connectivity index (χ3n) is 4.29. The first-order valence-corrected chi connectivity index (χ1v) is 7.55. The van der Waals surface area contributed by atoms with Crippen molar-refractivity contribution in [2.24, 2.45) is 0 Å². The molecular formula is C17H25NO. The second-order valence-electron chi connectivity index (χ2n) is 5.76. The van der Waals surface area contributed by atoms with Gasteiger partial charge in [0.15, 0.2) is 0 Å². The topological polar surface area (TPSA) is 29.1 Å². The van der Waals surface area contributed by atoms with Crippen molar-refractivity contribution in [3.63, 3.8) is 0 Å². The Labute approximate surface area is 116 Å². The van der Waals surface area contributed by atoms with Crippen LogP contribution in [0.2, 0.25) is 0 Å². The van der Waals surface area contributed by atoms with Crippen LogP contribution in [0.25, 0.3) is 0 Å². The number of carbonyl (C=O) groups is 1. The summed E-state index contributed by atoms with van der Waals surface area (Å²) in [6.07, 6.45) is 8.76. The first-order chi connectivity index (χ1) is 9.18. The molecule has 1 aromatic carbocycles. The molecular weight excluding hydrogens is 234 g/mol. The molecule has 0 aromatic heterocycles. The summed E-state index contributed by atoms with van der Waals surface area (Å²) in [5.74, 6) is 0.103. The molecule has 0 spiro atoms. The number of nitrogens with one attached hydrogen (secondary N) is 1. The fourth-order valence-corrected chi connectivity index (χ4v) is 2.86. The molecule has 0 atom stereocenters. The molecule has 0 heterocycles. The average Bonchev–Trinajstić information content (AvgIpc) is 2.35. The van der Waals surface area contributed by atoms with Crippen LogP contribution < -0.4 is 5.32 Å². The molecule has 2 nitrogen and oxygen atoms in total. The Morgan fingerprint density at radius 1 is 1.05 bits per heavy atom. The first-order valence-electron chi connectivity index (χ1n) is 7.55. The van der Waals surface area contributed by atoms with Gasteiger partial charge >= 0.3 is 0 Å². The number of hydrogen-bond acceptors (Lipinski definition) is 1. The summed E-state index contributed by atoms with van der Waals surface area (Å²) in [6, 6.07) is 6.32. The summed E-state index contributed by atoms with van der Waals surface area (Å²) in [6.45, 7) is 4.09. The lowest BCUT2D eigenvalue weighted by Crippen LogP contribution is -2.35. The normalized spacial score (nSPS) is 17.6. The highest BCUT2D eigenvalue weighted by Crippen LogP contribution is 2.18. The van der Waals surface area contributed by atoms with E-state index in [-0.39, 0.29) is 5.91 Å². The van der Waals surface area contributed by atoms with Gasteiger partial charge in [0.2, 0.25) is 0 Å². The minimum atomic E-state index is 0.103. The van der Waals surface area contributed by atoms with Gasteiger partial charge in [-0.25, -0.2) is 0 Å². The van der Waals surface area contributed by atoms with Crippen LogP contribution in [0.3, 0.4) is 0 Å². The van der Waals surface area contributed by atoms with Crippen LogP contribution in [0.1, 0.15) is 66.4 Å². The second kappa shape index (κ2) is 6.74. The molecule has 1 aromatic rings. The summed E-state index contributed by atoms with van der Waals surface area (Å²) < 4.78 is 0. The summed E-state index contributed by atoms with van der Waals surface area (Å²) in [5.41, 5.74) is 3.12. The number of aryl methyl sites for hydroxylation is 1. The van der Waals surface area contributed by atoms with Gasteiger partial charge in [-0.2, -0.15) is 0 Å². The minimum Gasteiger partial charge on any atom is -0.349 e. The Bertz CT molecular complexity index is 431. The van der Waals surface area contributed by atoms with E-state index in [0.717, 1.165) is 24.0 Å². The molecule has 19 heavy (non-hydrogen) atoms. The van der Waals surface area contributed by atoms with Crippen LogP contribution >= 0.6 is 0 Å². The molecule has 0 bridgehead atoms. The van der Waals surface area contributed by atoms with Gasteiger partial charge in [-0.15, -0.1) is 0 Å². The van der Waals surface area contributed by atoms with Gasteiger partial charge in [-0.1, -0.05) is 44.2 Å². The van der Waals surface area contributed by atoms with Gasteiger partial charge in [0.25, 0.3) is 5.91 Å². The van der Waals surface area contributed by atoms with E-state index in [0.29, 0.717) is 6.04 Å². The van der Waals surface area contributed by atoms with Gasteiger partial charge in [0.1, 0.15) is 0 Å². The maximum atomic E-state index is 12.4. The van der Waals surface area contributed by atoms with Gasteiger partial charge in [-0.3, -0.25) is 4.79 Å². The van der Waals surface area contributed by atoms with Crippen molar-refractivity contribution < 1.29 is 4.79 Å². The molecule has 0 aliphatic heterocycles. The quantitative estimate of drug-likeness (QED) is 0.849. The van der Waals surface area contributed by atoms with Crippen LogP contribution in [0.5, 0.6) is 0 Å². The summed E-state index contributed by atoms with van der Waals surface area (Å²) in [4.78, 5) is 12.4. The molecule has 0 saturated heterocycles. The molecule has 1 aliphatic carbocycles. The third kappa shape index (κ3) is 3.82. The molecule has 1 N–H and O–H groups in total. The predicted octanol–water partition coefficient (Wildman–Crippen LogP) is 4.15. The smallest absolute Gasteiger partial charge is 0.251 e.